The number of fused-ring (bicyclic) bond motifs is 2. The number of hydrogen-bond donors (Lipinski definition) is 0. The normalized spacial score (nSPS) is 27.7. The van der Waals surface area contributed by atoms with Crippen molar-refractivity contribution < 1.29 is 0 Å². The Balaban J connectivity index is 1.85. The molecule has 2 nitrogen and oxygen atoms in total. The molecule has 1 aromatic heterocycles. The van der Waals surface area contributed by atoms with Crippen molar-refractivity contribution in [3.63, 3.8) is 0 Å². The van der Waals surface area contributed by atoms with Gasteiger partial charge in [0.2, 0.25) is 0 Å². The lowest BCUT2D eigenvalue weighted by Crippen LogP contribution is -2.49. The third kappa shape index (κ3) is 2.28. The van der Waals surface area contributed by atoms with Crippen LogP contribution in [0.4, 0.5) is 0 Å². The maximum absolute atomic E-state index is 6.01. The van der Waals surface area contributed by atoms with E-state index < -0.39 is 0 Å². The predicted octanol–water partition coefficient (Wildman–Crippen LogP) is 3.32. The van der Waals surface area contributed by atoms with E-state index in [1.54, 1.807) is 0 Å². The Hall–Kier alpha value is -0.600. The van der Waals surface area contributed by atoms with E-state index in [0.29, 0.717) is 5.15 Å². The summed E-state index contributed by atoms with van der Waals surface area (Å²) in [5.41, 5.74) is 2.67. The molecule has 2 heterocycles. The van der Waals surface area contributed by atoms with E-state index in [1.807, 2.05) is 6.07 Å². The van der Waals surface area contributed by atoms with Gasteiger partial charge in [-0.2, -0.15) is 0 Å². The number of halogens is 1. The molecule has 2 atom stereocenters. The van der Waals surface area contributed by atoms with Crippen molar-refractivity contribution in [1.29, 1.82) is 0 Å². The van der Waals surface area contributed by atoms with Gasteiger partial charge in [-0.15, -0.1) is 0 Å². The molecule has 0 radical (unpaired) electrons. The average molecular weight is 265 g/mol. The number of rotatable bonds is 2. The van der Waals surface area contributed by atoms with Gasteiger partial charge in [0, 0.05) is 11.7 Å². The van der Waals surface area contributed by atoms with Gasteiger partial charge in [0.05, 0.1) is 0 Å². The molecule has 18 heavy (non-hydrogen) atoms. The molecule has 0 amide bonds. The van der Waals surface area contributed by atoms with Gasteiger partial charge in [-0.3, -0.25) is 4.90 Å². The Labute approximate surface area is 114 Å². The standard InChI is InChI=1S/C15H21ClN2/c1-2-7-18-8-3-4-12-9-13-11(10-14(12)18)5-6-15(16)17-13/h5-6,12,14H,2-4,7-10H2,1H3/t12-,14-/m0/s1. The Morgan fingerprint density at radius 3 is 3.11 bits per heavy atom. The van der Waals surface area contributed by atoms with Crippen LogP contribution in [0.5, 0.6) is 0 Å². The number of hydrogen-bond acceptors (Lipinski definition) is 2. The summed E-state index contributed by atoms with van der Waals surface area (Å²) in [7, 11) is 0. The SMILES string of the molecule is CCCN1CCC[C@H]2Cc3nc(Cl)ccc3C[C@@H]21. The van der Waals surface area contributed by atoms with Crippen LogP contribution in [0.15, 0.2) is 12.1 Å². The monoisotopic (exact) mass is 264 g/mol. The molecule has 1 fully saturated rings. The molecule has 2 aliphatic rings. The van der Waals surface area contributed by atoms with Crippen LogP contribution in [0, 0.1) is 5.92 Å². The zero-order valence-electron chi connectivity index (χ0n) is 11.0. The first-order valence-electron chi connectivity index (χ1n) is 7.16. The average Bonchev–Trinajstić information content (AvgIpc) is 2.37. The lowest BCUT2D eigenvalue weighted by Gasteiger charge is -2.44. The Morgan fingerprint density at radius 1 is 1.39 bits per heavy atom. The number of pyridine rings is 1. The number of nitrogens with zero attached hydrogens (tertiary/aromatic N) is 2. The van der Waals surface area contributed by atoms with Crippen molar-refractivity contribution in [2.24, 2.45) is 5.92 Å². The van der Waals surface area contributed by atoms with Crippen molar-refractivity contribution in [2.75, 3.05) is 13.1 Å². The van der Waals surface area contributed by atoms with E-state index in [9.17, 15) is 0 Å². The van der Waals surface area contributed by atoms with Crippen molar-refractivity contribution >= 4 is 11.6 Å². The molecule has 1 saturated heterocycles. The second-order valence-electron chi connectivity index (χ2n) is 5.65. The van der Waals surface area contributed by atoms with Gasteiger partial charge in [0.15, 0.2) is 0 Å². The minimum atomic E-state index is 0.647. The van der Waals surface area contributed by atoms with Crippen LogP contribution in [0.2, 0.25) is 5.15 Å². The molecule has 98 valence electrons. The molecule has 0 saturated carbocycles. The molecule has 3 heteroatoms. The van der Waals surface area contributed by atoms with E-state index in [1.165, 1.54) is 50.0 Å². The largest absolute Gasteiger partial charge is 0.300 e. The maximum Gasteiger partial charge on any atom is 0.129 e. The van der Waals surface area contributed by atoms with Crippen molar-refractivity contribution in [3.05, 3.63) is 28.5 Å². The molecule has 0 N–H and O–H groups in total. The smallest absolute Gasteiger partial charge is 0.129 e. The molecule has 1 aliphatic heterocycles. The number of likely N-dealkylation sites (tertiary alicyclic amines) is 1. The fraction of sp³-hybridized carbons (Fsp3) is 0.667. The molecule has 1 aliphatic carbocycles. The van der Waals surface area contributed by atoms with Crippen LogP contribution in [-0.2, 0) is 12.8 Å². The molecule has 0 aromatic carbocycles. The first kappa shape index (κ1) is 12.4. The molecule has 1 aromatic rings. The topological polar surface area (TPSA) is 16.1 Å². The van der Waals surface area contributed by atoms with Crippen LogP contribution >= 0.6 is 11.6 Å². The van der Waals surface area contributed by atoms with Crippen LogP contribution in [0.1, 0.15) is 37.4 Å². The van der Waals surface area contributed by atoms with E-state index in [4.69, 9.17) is 11.6 Å². The minimum Gasteiger partial charge on any atom is -0.300 e. The summed E-state index contributed by atoms with van der Waals surface area (Å²) in [6, 6.07) is 4.86. The highest BCUT2D eigenvalue weighted by Gasteiger charge is 2.35. The Bertz CT molecular complexity index is 431. The fourth-order valence-corrected chi connectivity index (χ4v) is 3.82. The van der Waals surface area contributed by atoms with E-state index in [-0.39, 0.29) is 0 Å². The predicted molar refractivity (Wildman–Crippen MR) is 75.0 cm³/mol. The minimum absolute atomic E-state index is 0.647. The van der Waals surface area contributed by atoms with Crippen molar-refractivity contribution in [3.8, 4) is 0 Å². The molecular formula is C15H21ClN2. The van der Waals surface area contributed by atoms with Crippen molar-refractivity contribution in [2.45, 2.75) is 45.1 Å². The Kier molecular flexibility index (Phi) is 3.58. The van der Waals surface area contributed by atoms with Gasteiger partial charge in [0.25, 0.3) is 0 Å². The highest BCUT2D eigenvalue weighted by atomic mass is 35.5. The quantitative estimate of drug-likeness (QED) is 0.762. The molecule has 3 rings (SSSR count). The summed E-state index contributed by atoms with van der Waals surface area (Å²) < 4.78 is 0. The zero-order chi connectivity index (χ0) is 12.5. The highest BCUT2D eigenvalue weighted by molar-refractivity contribution is 6.29. The summed E-state index contributed by atoms with van der Waals surface area (Å²) in [5.74, 6) is 0.795. The summed E-state index contributed by atoms with van der Waals surface area (Å²) >= 11 is 6.01. The van der Waals surface area contributed by atoms with Crippen molar-refractivity contribution in [1.82, 2.24) is 9.88 Å². The fourth-order valence-electron chi connectivity index (χ4n) is 3.65. The van der Waals surface area contributed by atoms with E-state index >= 15 is 0 Å². The van der Waals surface area contributed by atoms with Gasteiger partial charge in [-0.05, 0) is 62.7 Å². The third-order valence-electron chi connectivity index (χ3n) is 4.46. The van der Waals surface area contributed by atoms with E-state index in [0.717, 1.165) is 18.4 Å². The van der Waals surface area contributed by atoms with Crippen LogP contribution in [0.3, 0.4) is 0 Å². The lowest BCUT2D eigenvalue weighted by molar-refractivity contribution is 0.0846. The number of aromatic nitrogens is 1. The maximum atomic E-state index is 6.01. The van der Waals surface area contributed by atoms with Gasteiger partial charge in [-0.25, -0.2) is 4.98 Å². The van der Waals surface area contributed by atoms with Gasteiger partial charge in [-0.1, -0.05) is 24.6 Å². The summed E-state index contributed by atoms with van der Waals surface area (Å²) in [4.78, 5) is 7.22. The van der Waals surface area contributed by atoms with Crippen LogP contribution in [0.25, 0.3) is 0 Å². The molecule has 0 bridgehead atoms. The zero-order valence-corrected chi connectivity index (χ0v) is 11.8. The van der Waals surface area contributed by atoms with E-state index in [2.05, 4.69) is 22.9 Å². The molecule has 0 spiro atoms. The lowest BCUT2D eigenvalue weighted by atomic mass is 9.77. The number of piperidine rings is 1. The van der Waals surface area contributed by atoms with Crippen LogP contribution < -0.4 is 0 Å². The summed E-state index contributed by atoms with van der Waals surface area (Å²) in [6.45, 7) is 4.81. The van der Waals surface area contributed by atoms with Gasteiger partial charge < -0.3 is 0 Å². The summed E-state index contributed by atoms with van der Waals surface area (Å²) in [5, 5.41) is 0.647. The van der Waals surface area contributed by atoms with Crippen LogP contribution in [-0.4, -0.2) is 29.0 Å². The second-order valence-corrected chi connectivity index (χ2v) is 6.04. The summed E-state index contributed by atoms with van der Waals surface area (Å²) in [6.07, 6.45) is 6.26. The highest BCUT2D eigenvalue weighted by Crippen LogP contribution is 2.34. The third-order valence-corrected chi connectivity index (χ3v) is 4.67. The van der Waals surface area contributed by atoms with Gasteiger partial charge >= 0.3 is 0 Å². The second kappa shape index (κ2) is 5.18. The Morgan fingerprint density at radius 2 is 2.28 bits per heavy atom. The molecular weight excluding hydrogens is 244 g/mol. The molecule has 0 unspecified atom stereocenters. The first-order chi connectivity index (χ1) is 8.78. The first-order valence-corrected chi connectivity index (χ1v) is 7.54. The van der Waals surface area contributed by atoms with Gasteiger partial charge in [0.1, 0.15) is 5.15 Å².